The number of unbranched alkanes of at least 4 members (excludes halogenated alkanes) is 1. The molecule has 2 saturated carbocycles. The van der Waals surface area contributed by atoms with Gasteiger partial charge in [0.15, 0.2) is 0 Å². The van der Waals surface area contributed by atoms with Crippen molar-refractivity contribution >= 4 is 17.9 Å². The van der Waals surface area contributed by atoms with Gasteiger partial charge in [0.05, 0.1) is 0 Å². The Hall–Kier alpha value is -1.83. The fraction of sp³-hybridized carbons (Fsp3) is 0.864. The van der Waals surface area contributed by atoms with E-state index in [9.17, 15) is 19.5 Å². The molecule has 0 saturated heterocycles. The molecule has 2 atom stereocenters. The molecule has 0 radical (unpaired) electrons. The number of urea groups is 1. The van der Waals surface area contributed by atoms with Crippen molar-refractivity contribution in [3.05, 3.63) is 0 Å². The summed E-state index contributed by atoms with van der Waals surface area (Å²) in [5.74, 6) is -0.795. The van der Waals surface area contributed by atoms with E-state index in [4.69, 9.17) is 5.73 Å². The summed E-state index contributed by atoms with van der Waals surface area (Å²) in [4.78, 5) is 37.0. The molecule has 8 nitrogen and oxygen atoms in total. The van der Waals surface area contributed by atoms with Gasteiger partial charge in [0.25, 0.3) is 0 Å². The summed E-state index contributed by atoms with van der Waals surface area (Å²) in [6, 6.07) is -2.02. The number of carbonyl (C=O) groups is 3. The number of aliphatic carboxylic acids is 1. The van der Waals surface area contributed by atoms with Crippen LogP contribution in [0.4, 0.5) is 4.79 Å². The van der Waals surface area contributed by atoms with Crippen molar-refractivity contribution in [2.45, 2.75) is 108 Å². The van der Waals surface area contributed by atoms with E-state index >= 15 is 0 Å². The summed E-state index contributed by atoms with van der Waals surface area (Å²) in [5, 5.41) is 17.8. The van der Waals surface area contributed by atoms with E-state index in [-0.39, 0.29) is 11.9 Å². The molecule has 2 rings (SSSR count). The van der Waals surface area contributed by atoms with Gasteiger partial charge in [0.2, 0.25) is 5.91 Å². The number of carboxylic acid groups (broad SMARTS) is 1. The Bertz CT molecular complexity index is 545. The predicted octanol–water partition coefficient (Wildman–Crippen LogP) is 2.66. The lowest BCUT2D eigenvalue weighted by Gasteiger charge is -2.29. The van der Waals surface area contributed by atoms with Crippen LogP contribution in [0.5, 0.6) is 0 Å². The first-order valence-electron chi connectivity index (χ1n) is 11.8. The zero-order chi connectivity index (χ0) is 21.8. The lowest BCUT2D eigenvalue weighted by Crippen LogP contribution is -2.55. The van der Waals surface area contributed by atoms with Crippen LogP contribution in [0.3, 0.4) is 0 Å². The maximum absolute atomic E-state index is 13.0. The number of nitrogens with one attached hydrogen (secondary N) is 3. The van der Waals surface area contributed by atoms with Crippen molar-refractivity contribution in [2.75, 3.05) is 6.54 Å². The smallest absolute Gasteiger partial charge is 0.326 e. The van der Waals surface area contributed by atoms with Crippen molar-refractivity contribution in [2.24, 2.45) is 11.7 Å². The average molecular weight is 425 g/mol. The highest BCUT2D eigenvalue weighted by Gasteiger charge is 2.29. The molecule has 172 valence electrons. The molecule has 8 heteroatoms. The molecule has 0 aromatic heterocycles. The summed E-state index contributed by atoms with van der Waals surface area (Å²) in [6.45, 7) is 0.489. The average Bonchev–Trinajstić information content (AvgIpc) is 2.74. The minimum Gasteiger partial charge on any atom is -0.480 e. The molecule has 0 bridgehead atoms. The van der Waals surface area contributed by atoms with Crippen molar-refractivity contribution in [3.8, 4) is 0 Å². The van der Waals surface area contributed by atoms with Gasteiger partial charge in [-0.1, -0.05) is 51.4 Å². The van der Waals surface area contributed by atoms with Crippen molar-refractivity contribution in [3.63, 3.8) is 0 Å². The number of hydrogen-bond acceptors (Lipinski definition) is 4. The summed E-state index contributed by atoms with van der Waals surface area (Å²) >= 11 is 0. The highest BCUT2D eigenvalue weighted by Crippen LogP contribution is 2.27. The van der Waals surface area contributed by atoms with E-state index in [1.165, 1.54) is 12.8 Å². The maximum Gasteiger partial charge on any atom is 0.326 e. The van der Waals surface area contributed by atoms with Gasteiger partial charge in [0.1, 0.15) is 12.1 Å². The molecular formula is C22H40N4O4. The first-order valence-corrected chi connectivity index (χ1v) is 11.8. The Morgan fingerprint density at radius 3 is 2.07 bits per heavy atom. The molecule has 0 heterocycles. The second kappa shape index (κ2) is 13.5. The second-order valence-electron chi connectivity index (χ2n) is 8.93. The first kappa shape index (κ1) is 24.4. The minimum atomic E-state index is -1.07. The molecule has 6 N–H and O–H groups in total. The lowest BCUT2D eigenvalue weighted by molar-refractivity contribution is -0.139. The third kappa shape index (κ3) is 8.90. The summed E-state index contributed by atoms with van der Waals surface area (Å²) in [5.41, 5.74) is 5.47. The van der Waals surface area contributed by atoms with E-state index in [0.717, 1.165) is 51.4 Å². The van der Waals surface area contributed by atoms with E-state index < -0.39 is 24.1 Å². The Morgan fingerprint density at radius 1 is 0.867 bits per heavy atom. The topological polar surface area (TPSA) is 134 Å². The molecule has 2 aliphatic carbocycles. The first-order chi connectivity index (χ1) is 14.5. The quantitative estimate of drug-likeness (QED) is 0.325. The van der Waals surface area contributed by atoms with Gasteiger partial charge in [-0.25, -0.2) is 9.59 Å². The van der Waals surface area contributed by atoms with Gasteiger partial charge in [-0.05, 0) is 51.0 Å². The standard InChI is InChI=1S/C22H40N4O4/c23-14-8-7-13-18(21(28)29)25-22(30)26-19(15-16-9-3-1-4-10-16)20(27)24-17-11-5-2-6-12-17/h16-19H,1-15,23H2,(H,24,27)(H,28,29)(H2,25,26,30)/t18?,19-/m1/s1. The van der Waals surface area contributed by atoms with Crippen molar-refractivity contribution < 1.29 is 19.5 Å². The third-order valence-electron chi connectivity index (χ3n) is 6.42. The van der Waals surface area contributed by atoms with Gasteiger partial charge in [-0.15, -0.1) is 0 Å². The Balaban J connectivity index is 1.94. The van der Waals surface area contributed by atoms with Crippen LogP contribution in [0, 0.1) is 5.92 Å². The molecule has 0 aliphatic heterocycles. The monoisotopic (exact) mass is 424 g/mol. The highest BCUT2D eigenvalue weighted by molar-refractivity contribution is 5.88. The van der Waals surface area contributed by atoms with Crippen LogP contribution in [0.1, 0.15) is 89.9 Å². The fourth-order valence-electron chi connectivity index (χ4n) is 4.64. The number of hydrogen-bond donors (Lipinski definition) is 5. The maximum atomic E-state index is 13.0. The molecular weight excluding hydrogens is 384 g/mol. The van der Waals surface area contributed by atoms with Gasteiger partial charge >= 0.3 is 12.0 Å². The van der Waals surface area contributed by atoms with Crippen LogP contribution in [0.2, 0.25) is 0 Å². The van der Waals surface area contributed by atoms with Crippen LogP contribution in [0.25, 0.3) is 0 Å². The van der Waals surface area contributed by atoms with E-state index in [0.29, 0.717) is 38.1 Å². The zero-order valence-electron chi connectivity index (χ0n) is 18.2. The number of amides is 3. The van der Waals surface area contributed by atoms with Crippen LogP contribution in [0.15, 0.2) is 0 Å². The molecule has 30 heavy (non-hydrogen) atoms. The molecule has 0 spiro atoms. The highest BCUT2D eigenvalue weighted by atomic mass is 16.4. The van der Waals surface area contributed by atoms with Gasteiger partial charge < -0.3 is 26.8 Å². The number of nitrogens with two attached hydrogens (primary N) is 1. The van der Waals surface area contributed by atoms with E-state index in [1.807, 2.05) is 0 Å². The fourth-order valence-corrected chi connectivity index (χ4v) is 4.64. The van der Waals surface area contributed by atoms with Gasteiger partial charge in [-0.2, -0.15) is 0 Å². The molecule has 2 fully saturated rings. The molecule has 0 aromatic rings. The zero-order valence-corrected chi connectivity index (χ0v) is 18.2. The van der Waals surface area contributed by atoms with Crippen LogP contribution >= 0.6 is 0 Å². The molecule has 2 aliphatic rings. The number of carboxylic acids is 1. The Kier molecular flexibility index (Phi) is 11.0. The molecule has 1 unspecified atom stereocenters. The summed E-state index contributed by atoms with van der Waals surface area (Å²) < 4.78 is 0. The minimum absolute atomic E-state index is 0.141. The van der Waals surface area contributed by atoms with Gasteiger partial charge in [0, 0.05) is 6.04 Å². The van der Waals surface area contributed by atoms with E-state index in [1.54, 1.807) is 0 Å². The summed E-state index contributed by atoms with van der Waals surface area (Å²) in [7, 11) is 0. The van der Waals surface area contributed by atoms with Crippen LogP contribution in [-0.4, -0.2) is 47.7 Å². The second-order valence-corrected chi connectivity index (χ2v) is 8.93. The van der Waals surface area contributed by atoms with E-state index in [2.05, 4.69) is 16.0 Å². The van der Waals surface area contributed by atoms with Gasteiger partial charge in [-0.3, -0.25) is 4.79 Å². The third-order valence-corrected chi connectivity index (χ3v) is 6.42. The predicted molar refractivity (Wildman–Crippen MR) is 116 cm³/mol. The lowest BCUT2D eigenvalue weighted by atomic mass is 9.84. The van der Waals surface area contributed by atoms with Crippen LogP contribution < -0.4 is 21.7 Å². The SMILES string of the molecule is NCCCCC(NC(=O)N[C@H](CC1CCCCC1)C(=O)NC1CCCCC1)C(=O)O. The Labute approximate surface area is 180 Å². The normalized spacial score (nSPS) is 20.2. The molecule has 3 amide bonds. The van der Waals surface area contributed by atoms with Crippen molar-refractivity contribution in [1.29, 1.82) is 0 Å². The Morgan fingerprint density at radius 2 is 1.47 bits per heavy atom. The number of rotatable bonds is 11. The summed E-state index contributed by atoms with van der Waals surface area (Å²) in [6.07, 6.45) is 13.4. The van der Waals surface area contributed by atoms with Crippen molar-refractivity contribution in [1.82, 2.24) is 16.0 Å². The molecule has 0 aromatic carbocycles. The van der Waals surface area contributed by atoms with Crippen LogP contribution in [-0.2, 0) is 9.59 Å². The largest absolute Gasteiger partial charge is 0.480 e. The number of carbonyl (C=O) groups excluding carboxylic acids is 2.